The molecule has 2 N–H and O–H groups in total. The minimum Gasteiger partial charge on any atom is -0.444 e. The van der Waals surface area contributed by atoms with Crippen molar-refractivity contribution in [2.75, 3.05) is 4.43 Å². The zero-order valence-corrected chi connectivity index (χ0v) is 10.9. The lowest BCUT2D eigenvalue weighted by atomic mass is 9.71. The van der Waals surface area contributed by atoms with Crippen LogP contribution < -0.4 is 5.73 Å². The van der Waals surface area contributed by atoms with Gasteiger partial charge in [-0.25, -0.2) is 4.79 Å². The van der Waals surface area contributed by atoms with Crippen LogP contribution in [0.3, 0.4) is 0 Å². The zero-order chi connectivity index (χ0) is 10.8. The number of hydrogen-bond donors (Lipinski definition) is 1. The van der Waals surface area contributed by atoms with Crippen molar-refractivity contribution in [3.05, 3.63) is 0 Å². The van der Waals surface area contributed by atoms with Crippen molar-refractivity contribution in [2.24, 2.45) is 17.6 Å². The molecule has 82 valence electrons. The Morgan fingerprint density at radius 1 is 1.50 bits per heavy atom. The first-order valence-electron chi connectivity index (χ1n) is 4.97. The maximum absolute atomic E-state index is 10.6. The number of alkyl halides is 1. The fourth-order valence-corrected chi connectivity index (χ4v) is 2.89. The van der Waals surface area contributed by atoms with Crippen molar-refractivity contribution in [3.63, 3.8) is 0 Å². The molecule has 0 aromatic heterocycles. The lowest BCUT2D eigenvalue weighted by Gasteiger charge is -2.38. The van der Waals surface area contributed by atoms with Crippen LogP contribution in [-0.4, -0.2) is 16.1 Å². The molecule has 0 bridgehead atoms. The van der Waals surface area contributed by atoms with Gasteiger partial charge in [0.1, 0.15) is 5.60 Å². The lowest BCUT2D eigenvalue weighted by molar-refractivity contribution is 0.00843. The molecule has 3 nitrogen and oxygen atoms in total. The van der Waals surface area contributed by atoms with Gasteiger partial charge in [0.25, 0.3) is 0 Å². The largest absolute Gasteiger partial charge is 0.444 e. The van der Waals surface area contributed by atoms with Gasteiger partial charge in [-0.2, -0.15) is 0 Å². The summed E-state index contributed by atoms with van der Waals surface area (Å²) in [6.45, 7) is 3.85. The molecule has 0 spiro atoms. The van der Waals surface area contributed by atoms with Crippen molar-refractivity contribution < 1.29 is 9.53 Å². The fourth-order valence-electron chi connectivity index (χ4n) is 2.18. The summed E-state index contributed by atoms with van der Waals surface area (Å²) in [5.74, 6) is 1.59. The number of nitrogens with two attached hydrogens (primary N) is 1. The van der Waals surface area contributed by atoms with Crippen LogP contribution in [0.25, 0.3) is 0 Å². The minimum absolute atomic E-state index is 0.396. The van der Waals surface area contributed by atoms with E-state index in [0.29, 0.717) is 5.92 Å². The predicted molar refractivity (Wildman–Crippen MR) is 64.5 cm³/mol. The van der Waals surface area contributed by atoms with E-state index in [1.807, 2.05) is 13.8 Å². The first kappa shape index (κ1) is 12.1. The van der Waals surface area contributed by atoms with Gasteiger partial charge in [-0.05, 0) is 44.9 Å². The number of rotatable bonds is 4. The van der Waals surface area contributed by atoms with Crippen molar-refractivity contribution in [3.8, 4) is 0 Å². The second-order valence-corrected chi connectivity index (χ2v) is 5.62. The monoisotopic (exact) mass is 311 g/mol. The highest BCUT2D eigenvalue weighted by molar-refractivity contribution is 14.1. The molecule has 1 fully saturated rings. The van der Waals surface area contributed by atoms with Gasteiger partial charge in [0, 0.05) is 4.43 Å². The predicted octanol–water partition coefficient (Wildman–Crippen LogP) is 2.71. The highest BCUT2D eigenvalue weighted by Gasteiger charge is 2.34. The van der Waals surface area contributed by atoms with Crippen LogP contribution >= 0.6 is 22.6 Å². The van der Waals surface area contributed by atoms with E-state index in [2.05, 4.69) is 22.6 Å². The van der Waals surface area contributed by atoms with E-state index in [0.717, 1.165) is 12.3 Å². The van der Waals surface area contributed by atoms with Gasteiger partial charge in [-0.1, -0.05) is 22.6 Å². The number of carbonyl (C=O) groups is 1. The number of hydrogen-bond acceptors (Lipinski definition) is 2. The molecule has 1 saturated carbocycles. The molecule has 1 aliphatic rings. The summed E-state index contributed by atoms with van der Waals surface area (Å²) >= 11 is 2.43. The molecule has 1 rings (SSSR count). The van der Waals surface area contributed by atoms with Gasteiger partial charge < -0.3 is 10.5 Å². The fraction of sp³-hybridized carbons (Fsp3) is 0.900. The number of primary amides is 1. The molecule has 1 aliphatic carbocycles. The molecular weight excluding hydrogens is 293 g/mol. The van der Waals surface area contributed by atoms with E-state index in [9.17, 15) is 4.79 Å². The third kappa shape index (κ3) is 3.63. The van der Waals surface area contributed by atoms with Gasteiger partial charge in [-0.15, -0.1) is 0 Å². The summed E-state index contributed by atoms with van der Waals surface area (Å²) in [6.07, 6.45) is 2.81. The lowest BCUT2D eigenvalue weighted by Crippen LogP contribution is -2.37. The number of ether oxygens (including phenoxy) is 1. The Hall–Kier alpha value is 0. The molecule has 0 radical (unpaired) electrons. The van der Waals surface area contributed by atoms with Crippen molar-refractivity contribution in [1.29, 1.82) is 0 Å². The van der Waals surface area contributed by atoms with Gasteiger partial charge in [0.05, 0.1) is 0 Å². The second-order valence-electron chi connectivity index (χ2n) is 4.74. The van der Waals surface area contributed by atoms with E-state index in [1.54, 1.807) is 0 Å². The Morgan fingerprint density at radius 3 is 2.50 bits per heavy atom. The highest BCUT2D eigenvalue weighted by atomic mass is 127. The Bertz CT molecular complexity index is 212. The number of halogens is 1. The summed E-state index contributed by atoms with van der Waals surface area (Å²) in [7, 11) is 0. The van der Waals surface area contributed by atoms with Gasteiger partial charge in [-0.3, -0.25) is 0 Å². The van der Waals surface area contributed by atoms with Crippen LogP contribution in [0.2, 0.25) is 0 Å². The molecule has 0 aromatic carbocycles. The normalized spacial score (nSPS) is 26.8. The first-order chi connectivity index (χ1) is 6.43. The Kier molecular flexibility index (Phi) is 4.04. The van der Waals surface area contributed by atoms with Gasteiger partial charge >= 0.3 is 6.09 Å². The summed E-state index contributed by atoms with van der Waals surface area (Å²) in [5, 5.41) is 0. The number of amides is 1. The quantitative estimate of drug-likeness (QED) is 0.641. The second kappa shape index (κ2) is 4.68. The molecule has 0 atom stereocenters. The summed E-state index contributed by atoms with van der Waals surface area (Å²) in [5.41, 5.74) is 4.61. The van der Waals surface area contributed by atoms with Crippen LogP contribution in [0.4, 0.5) is 4.79 Å². The molecule has 0 saturated heterocycles. The van der Waals surface area contributed by atoms with Gasteiger partial charge in [0.15, 0.2) is 0 Å². The van der Waals surface area contributed by atoms with Gasteiger partial charge in [0.2, 0.25) is 0 Å². The average molecular weight is 311 g/mol. The summed E-state index contributed by atoms with van der Waals surface area (Å²) in [6, 6.07) is 0. The summed E-state index contributed by atoms with van der Waals surface area (Å²) < 4.78 is 6.29. The molecule has 0 unspecified atom stereocenters. The van der Waals surface area contributed by atoms with E-state index in [1.165, 1.54) is 17.3 Å². The van der Waals surface area contributed by atoms with Crippen LogP contribution in [-0.2, 0) is 4.74 Å². The molecule has 1 amide bonds. The van der Waals surface area contributed by atoms with Crippen LogP contribution in [0.15, 0.2) is 0 Å². The third-order valence-corrected chi connectivity index (χ3v) is 3.95. The van der Waals surface area contributed by atoms with E-state index in [-0.39, 0.29) is 0 Å². The Labute approximate surface area is 98.9 Å². The number of carbonyl (C=O) groups excluding carboxylic acids is 1. The molecule has 0 aromatic rings. The van der Waals surface area contributed by atoms with Crippen LogP contribution in [0, 0.1) is 11.8 Å². The molecular formula is C10H18INO2. The topological polar surface area (TPSA) is 52.3 Å². The average Bonchev–Trinajstić information content (AvgIpc) is 1.93. The molecule has 4 heteroatoms. The van der Waals surface area contributed by atoms with E-state index in [4.69, 9.17) is 10.5 Å². The Morgan fingerprint density at radius 2 is 2.07 bits per heavy atom. The van der Waals surface area contributed by atoms with Crippen molar-refractivity contribution in [1.82, 2.24) is 0 Å². The molecule has 0 heterocycles. The highest BCUT2D eigenvalue weighted by Crippen LogP contribution is 2.40. The first-order valence-corrected chi connectivity index (χ1v) is 6.50. The van der Waals surface area contributed by atoms with E-state index >= 15 is 0 Å². The third-order valence-electron chi connectivity index (χ3n) is 2.71. The maximum atomic E-state index is 10.6. The SMILES string of the molecule is CC(C)(CC1CC(CI)C1)OC(N)=O. The molecule has 0 aliphatic heterocycles. The summed E-state index contributed by atoms with van der Waals surface area (Å²) in [4.78, 5) is 10.6. The zero-order valence-electron chi connectivity index (χ0n) is 8.75. The smallest absolute Gasteiger partial charge is 0.405 e. The molecule has 14 heavy (non-hydrogen) atoms. The van der Waals surface area contributed by atoms with Crippen molar-refractivity contribution >= 4 is 28.7 Å². The van der Waals surface area contributed by atoms with E-state index < -0.39 is 11.7 Å². The minimum atomic E-state index is -0.667. The van der Waals surface area contributed by atoms with Crippen LogP contribution in [0.1, 0.15) is 33.1 Å². The van der Waals surface area contributed by atoms with Crippen molar-refractivity contribution in [2.45, 2.75) is 38.7 Å². The van der Waals surface area contributed by atoms with Crippen LogP contribution in [0.5, 0.6) is 0 Å². The standard InChI is InChI=1S/C10H18INO2/c1-10(2,14-9(12)13)5-7-3-8(4-7)6-11/h7-8H,3-6H2,1-2H3,(H2,12,13). The Balaban J connectivity index is 2.26. The maximum Gasteiger partial charge on any atom is 0.405 e.